The summed E-state index contributed by atoms with van der Waals surface area (Å²) in [7, 11) is 0. The Balaban J connectivity index is 2.03. The average Bonchev–Trinajstić information content (AvgIpc) is 2.38. The summed E-state index contributed by atoms with van der Waals surface area (Å²) in [5.41, 5.74) is 7.30. The quantitative estimate of drug-likeness (QED) is 0.864. The SMILES string of the molecule is N[C@H](CSCc1cc(Cl)cc2c1OCOC2)C(=O)O. The Morgan fingerprint density at radius 2 is 2.37 bits per heavy atom. The van der Waals surface area contributed by atoms with E-state index in [4.69, 9.17) is 31.9 Å². The van der Waals surface area contributed by atoms with Crippen LogP contribution in [-0.2, 0) is 21.9 Å². The van der Waals surface area contributed by atoms with Crippen molar-refractivity contribution in [3.05, 3.63) is 28.3 Å². The number of hydrogen-bond acceptors (Lipinski definition) is 5. The van der Waals surface area contributed by atoms with Crippen LogP contribution in [0, 0.1) is 0 Å². The first kappa shape index (κ1) is 14.5. The molecular formula is C12H14ClNO4S. The van der Waals surface area contributed by atoms with Gasteiger partial charge in [0.15, 0.2) is 6.79 Å². The predicted octanol–water partition coefficient (Wildman–Crippen LogP) is 1.85. The molecule has 5 nitrogen and oxygen atoms in total. The molecule has 0 spiro atoms. The number of halogens is 1. The summed E-state index contributed by atoms with van der Waals surface area (Å²) in [6.45, 7) is 0.698. The van der Waals surface area contributed by atoms with Crippen molar-refractivity contribution in [2.45, 2.75) is 18.4 Å². The van der Waals surface area contributed by atoms with Crippen LogP contribution in [0.15, 0.2) is 12.1 Å². The molecule has 19 heavy (non-hydrogen) atoms. The Morgan fingerprint density at radius 3 is 3.11 bits per heavy atom. The Kier molecular flexibility index (Phi) is 4.93. The summed E-state index contributed by atoms with van der Waals surface area (Å²) in [4.78, 5) is 10.6. The van der Waals surface area contributed by atoms with Crippen LogP contribution in [0.1, 0.15) is 11.1 Å². The van der Waals surface area contributed by atoms with Gasteiger partial charge in [-0.1, -0.05) is 11.6 Å². The van der Waals surface area contributed by atoms with E-state index >= 15 is 0 Å². The van der Waals surface area contributed by atoms with E-state index in [1.54, 1.807) is 0 Å². The summed E-state index contributed by atoms with van der Waals surface area (Å²) in [6.07, 6.45) is 0. The molecule has 0 saturated carbocycles. The summed E-state index contributed by atoms with van der Waals surface area (Å²) < 4.78 is 10.7. The van der Waals surface area contributed by atoms with Crippen molar-refractivity contribution in [2.24, 2.45) is 5.73 Å². The Bertz CT molecular complexity index is 483. The third-order valence-corrected chi connectivity index (χ3v) is 3.95. The van der Waals surface area contributed by atoms with Crippen molar-refractivity contribution in [1.29, 1.82) is 0 Å². The Hall–Kier alpha value is -0.950. The average molecular weight is 304 g/mol. The highest BCUT2D eigenvalue weighted by atomic mass is 35.5. The fourth-order valence-electron chi connectivity index (χ4n) is 1.73. The number of thioether (sulfide) groups is 1. The molecule has 1 aromatic carbocycles. The van der Waals surface area contributed by atoms with Crippen LogP contribution < -0.4 is 10.5 Å². The lowest BCUT2D eigenvalue weighted by Crippen LogP contribution is -2.32. The minimum atomic E-state index is -0.995. The molecule has 1 aliphatic rings. The number of hydrogen-bond donors (Lipinski definition) is 2. The molecule has 0 radical (unpaired) electrons. The molecular weight excluding hydrogens is 290 g/mol. The van der Waals surface area contributed by atoms with E-state index in [1.165, 1.54) is 11.8 Å². The molecule has 3 N–H and O–H groups in total. The molecule has 1 aliphatic heterocycles. The van der Waals surface area contributed by atoms with E-state index < -0.39 is 12.0 Å². The van der Waals surface area contributed by atoms with Crippen LogP contribution in [-0.4, -0.2) is 29.7 Å². The number of nitrogens with two attached hydrogens (primary N) is 1. The van der Waals surface area contributed by atoms with Crippen molar-refractivity contribution in [1.82, 2.24) is 0 Å². The summed E-state index contributed by atoms with van der Waals surface area (Å²) in [5, 5.41) is 9.33. The zero-order valence-electron chi connectivity index (χ0n) is 10.1. The lowest BCUT2D eigenvalue weighted by molar-refractivity contribution is -0.137. The molecule has 0 bridgehead atoms. The van der Waals surface area contributed by atoms with Crippen molar-refractivity contribution < 1.29 is 19.4 Å². The zero-order valence-corrected chi connectivity index (χ0v) is 11.7. The molecule has 0 saturated heterocycles. The minimum absolute atomic E-state index is 0.223. The summed E-state index contributed by atoms with van der Waals surface area (Å²) in [6, 6.07) is 2.78. The van der Waals surface area contributed by atoms with Crippen LogP contribution in [0.25, 0.3) is 0 Å². The van der Waals surface area contributed by atoms with Crippen LogP contribution >= 0.6 is 23.4 Å². The number of carboxylic acid groups (broad SMARTS) is 1. The third kappa shape index (κ3) is 3.76. The highest BCUT2D eigenvalue weighted by Crippen LogP contribution is 2.33. The lowest BCUT2D eigenvalue weighted by atomic mass is 10.1. The molecule has 2 rings (SSSR count). The largest absolute Gasteiger partial charge is 0.480 e. The van der Waals surface area contributed by atoms with E-state index in [1.807, 2.05) is 12.1 Å². The second-order valence-electron chi connectivity index (χ2n) is 4.12. The fourth-order valence-corrected chi connectivity index (χ4v) is 2.94. The van der Waals surface area contributed by atoms with Crippen molar-refractivity contribution >= 4 is 29.3 Å². The summed E-state index contributed by atoms with van der Waals surface area (Å²) in [5.74, 6) is 0.731. The smallest absolute Gasteiger partial charge is 0.321 e. The van der Waals surface area contributed by atoms with Gasteiger partial charge in [0.1, 0.15) is 11.8 Å². The van der Waals surface area contributed by atoms with E-state index in [2.05, 4.69) is 0 Å². The second kappa shape index (κ2) is 6.47. The highest BCUT2D eigenvalue weighted by Gasteiger charge is 2.17. The van der Waals surface area contributed by atoms with Gasteiger partial charge in [-0.05, 0) is 12.1 Å². The Labute approximate surface area is 120 Å². The monoisotopic (exact) mass is 303 g/mol. The van der Waals surface area contributed by atoms with Crippen molar-refractivity contribution in [3.8, 4) is 5.75 Å². The fraction of sp³-hybridized carbons (Fsp3) is 0.417. The van der Waals surface area contributed by atoms with E-state index in [-0.39, 0.29) is 6.79 Å². The van der Waals surface area contributed by atoms with Gasteiger partial charge < -0.3 is 20.3 Å². The van der Waals surface area contributed by atoms with E-state index in [0.29, 0.717) is 23.1 Å². The number of benzene rings is 1. The normalized spacial score (nSPS) is 15.5. The molecule has 0 amide bonds. The first-order chi connectivity index (χ1) is 9.08. The van der Waals surface area contributed by atoms with Gasteiger partial charge in [0.05, 0.1) is 6.61 Å². The highest BCUT2D eigenvalue weighted by molar-refractivity contribution is 7.98. The predicted molar refractivity (Wildman–Crippen MR) is 73.5 cm³/mol. The number of ether oxygens (including phenoxy) is 2. The van der Waals surface area contributed by atoms with Crippen molar-refractivity contribution in [2.75, 3.05) is 12.5 Å². The topological polar surface area (TPSA) is 81.8 Å². The maximum Gasteiger partial charge on any atom is 0.321 e. The third-order valence-electron chi connectivity index (χ3n) is 2.62. The lowest BCUT2D eigenvalue weighted by Gasteiger charge is -2.21. The first-order valence-electron chi connectivity index (χ1n) is 5.66. The van der Waals surface area contributed by atoms with Gasteiger partial charge in [0.25, 0.3) is 0 Å². The van der Waals surface area contributed by atoms with Gasteiger partial charge in [0.2, 0.25) is 0 Å². The zero-order chi connectivity index (χ0) is 13.8. The molecule has 1 heterocycles. The first-order valence-corrected chi connectivity index (χ1v) is 7.19. The van der Waals surface area contributed by atoms with Crippen molar-refractivity contribution in [3.63, 3.8) is 0 Å². The number of rotatable bonds is 5. The standard InChI is InChI=1S/C12H14ClNO4S/c13-9-1-7-3-17-6-18-11(7)8(2-9)4-19-5-10(14)12(15)16/h1-2,10H,3-6,14H2,(H,15,16)/t10-/m1/s1. The maximum atomic E-state index is 10.6. The second-order valence-corrected chi connectivity index (χ2v) is 5.59. The van der Waals surface area contributed by atoms with Gasteiger partial charge in [0, 0.05) is 27.7 Å². The van der Waals surface area contributed by atoms with Gasteiger partial charge >= 0.3 is 5.97 Å². The molecule has 0 unspecified atom stereocenters. The molecule has 7 heteroatoms. The van der Waals surface area contributed by atoms with Gasteiger partial charge in [-0.3, -0.25) is 4.79 Å². The van der Waals surface area contributed by atoms with Crippen LogP contribution in [0.5, 0.6) is 5.75 Å². The van der Waals surface area contributed by atoms with E-state index in [9.17, 15) is 4.79 Å². The minimum Gasteiger partial charge on any atom is -0.480 e. The van der Waals surface area contributed by atoms with Crippen LogP contribution in [0.3, 0.4) is 0 Å². The van der Waals surface area contributed by atoms with Crippen LogP contribution in [0.4, 0.5) is 0 Å². The van der Waals surface area contributed by atoms with Gasteiger partial charge in [-0.15, -0.1) is 0 Å². The van der Waals surface area contributed by atoms with Gasteiger partial charge in [-0.25, -0.2) is 0 Å². The van der Waals surface area contributed by atoms with E-state index in [0.717, 1.165) is 16.9 Å². The number of carboxylic acids is 1. The molecule has 0 aliphatic carbocycles. The Morgan fingerprint density at radius 1 is 1.58 bits per heavy atom. The molecule has 0 fully saturated rings. The number of aliphatic carboxylic acids is 1. The summed E-state index contributed by atoms with van der Waals surface area (Å²) >= 11 is 7.47. The molecule has 1 aromatic rings. The van der Waals surface area contributed by atoms with Gasteiger partial charge in [-0.2, -0.15) is 11.8 Å². The molecule has 1 atom stereocenters. The molecule has 104 valence electrons. The molecule has 0 aromatic heterocycles. The number of fused-ring (bicyclic) bond motifs is 1. The maximum absolute atomic E-state index is 10.6. The van der Waals surface area contributed by atoms with Crippen LogP contribution in [0.2, 0.25) is 5.02 Å². The number of carbonyl (C=O) groups is 1.